The summed E-state index contributed by atoms with van der Waals surface area (Å²) in [6, 6.07) is 1.69. The van der Waals surface area contributed by atoms with Crippen LogP contribution in [0.3, 0.4) is 0 Å². The molecule has 2 atom stereocenters. The summed E-state index contributed by atoms with van der Waals surface area (Å²) in [6.07, 6.45) is 1.75. The molecular formula is C12H21N3O2. The molecule has 0 aromatic carbocycles. The summed E-state index contributed by atoms with van der Waals surface area (Å²) in [5, 5.41) is 7.39. The van der Waals surface area contributed by atoms with Crippen LogP contribution in [0.25, 0.3) is 0 Å². The second kappa shape index (κ2) is 5.82. The highest BCUT2D eigenvalue weighted by Crippen LogP contribution is 2.14. The van der Waals surface area contributed by atoms with Crippen LogP contribution in [0.2, 0.25) is 0 Å². The third-order valence-electron chi connectivity index (χ3n) is 2.85. The number of hydrogen-bond donors (Lipinski definition) is 1. The zero-order valence-electron chi connectivity index (χ0n) is 11.1. The Balaban J connectivity index is 2.74. The quantitative estimate of drug-likeness (QED) is 0.786. The van der Waals surface area contributed by atoms with E-state index in [1.165, 1.54) is 7.11 Å². The van der Waals surface area contributed by atoms with Gasteiger partial charge in [-0.05, 0) is 18.9 Å². The van der Waals surface area contributed by atoms with Crippen molar-refractivity contribution in [2.45, 2.75) is 32.9 Å². The molecule has 96 valence electrons. The molecule has 0 radical (unpaired) electrons. The van der Waals surface area contributed by atoms with Crippen molar-refractivity contribution in [3.63, 3.8) is 0 Å². The largest absolute Gasteiger partial charge is 0.468 e. The first-order chi connectivity index (χ1) is 7.97. The summed E-state index contributed by atoms with van der Waals surface area (Å²) in [5.41, 5.74) is 1.04. The van der Waals surface area contributed by atoms with Gasteiger partial charge in [0.2, 0.25) is 0 Å². The van der Waals surface area contributed by atoms with Crippen LogP contribution < -0.4 is 5.32 Å². The second-order valence-electron chi connectivity index (χ2n) is 4.51. The van der Waals surface area contributed by atoms with Gasteiger partial charge in [0.05, 0.1) is 12.8 Å². The Kier molecular flexibility index (Phi) is 4.69. The number of esters is 1. The van der Waals surface area contributed by atoms with Gasteiger partial charge in [-0.2, -0.15) is 5.10 Å². The van der Waals surface area contributed by atoms with E-state index in [-0.39, 0.29) is 24.0 Å². The van der Waals surface area contributed by atoms with Gasteiger partial charge in [-0.3, -0.25) is 14.8 Å². The Bertz CT molecular complexity index is 374. The molecule has 1 aromatic rings. The monoisotopic (exact) mass is 239 g/mol. The van der Waals surface area contributed by atoms with Crippen LogP contribution in [0.15, 0.2) is 12.3 Å². The maximum atomic E-state index is 11.6. The fourth-order valence-corrected chi connectivity index (χ4v) is 1.82. The van der Waals surface area contributed by atoms with Gasteiger partial charge in [-0.25, -0.2) is 0 Å². The van der Waals surface area contributed by atoms with Crippen LogP contribution in [-0.2, 0) is 16.6 Å². The van der Waals surface area contributed by atoms with E-state index in [1.54, 1.807) is 10.9 Å². The molecule has 0 aliphatic carbocycles. The topological polar surface area (TPSA) is 56.1 Å². The smallest absolute Gasteiger partial charge is 0.323 e. The lowest BCUT2D eigenvalue weighted by Gasteiger charge is -2.24. The summed E-state index contributed by atoms with van der Waals surface area (Å²) >= 11 is 0. The van der Waals surface area contributed by atoms with Crippen molar-refractivity contribution in [1.29, 1.82) is 0 Å². The first-order valence-corrected chi connectivity index (χ1v) is 5.79. The predicted octanol–water partition coefficient (Wildman–Crippen LogP) is 1.27. The van der Waals surface area contributed by atoms with Gasteiger partial charge in [0.25, 0.3) is 0 Å². The number of methoxy groups -OCH3 is 1. The van der Waals surface area contributed by atoms with Crippen molar-refractivity contribution in [3.8, 4) is 0 Å². The molecule has 0 saturated carbocycles. The minimum atomic E-state index is -0.301. The fraction of sp³-hybridized carbons (Fsp3) is 0.667. The second-order valence-corrected chi connectivity index (χ2v) is 4.51. The molecular weight excluding hydrogens is 218 g/mol. The lowest BCUT2D eigenvalue weighted by atomic mass is 10.0. The number of nitrogens with zero attached hydrogens (tertiary/aromatic N) is 2. The van der Waals surface area contributed by atoms with Gasteiger partial charge >= 0.3 is 5.97 Å². The number of rotatable bonds is 5. The SMILES string of the molecule is COC(=O)C(NC(C)c1ccnn1C)C(C)C. The Morgan fingerprint density at radius 3 is 2.53 bits per heavy atom. The zero-order chi connectivity index (χ0) is 13.0. The Labute approximate surface area is 102 Å². The number of nitrogens with one attached hydrogen (secondary N) is 1. The van der Waals surface area contributed by atoms with Crippen molar-refractivity contribution in [1.82, 2.24) is 15.1 Å². The number of aromatic nitrogens is 2. The summed E-state index contributed by atoms with van der Waals surface area (Å²) < 4.78 is 6.60. The number of hydrogen-bond acceptors (Lipinski definition) is 4. The average molecular weight is 239 g/mol. The molecule has 0 saturated heterocycles. The van der Waals surface area contributed by atoms with Crippen LogP contribution in [-0.4, -0.2) is 28.9 Å². The van der Waals surface area contributed by atoms with E-state index in [0.29, 0.717) is 0 Å². The molecule has 0 bridgehead atoms. The Hall–Kier alpha value is -1.36. The van der Waals surface area contributed by atoms with Crippen molar-refractivity contribution in [2.24, 2.45) is 13.0 Å². The molecule has 0 amide bonds. The van der Waals surface area contributed by atoms with E-state index in [9.17, 15) is 4.79 Å². The number of ether oxygens (including phenoxy) is 1. The summed E-state index contributed by atoms with van der Waals surface area (Å²) in [7, 11) is 3.30. The highest BCUT2D eigenvalue weighted by molar-refractivity contribution is 5.76. The van der Waals surface area contributed by atoms with Crippen LogP contribution in [0.5, 0.6) is 0 Å². The highest BCUT2D eigenvalue weighted by Gasteiger charge is 2.25. The minimum absolute atomic E-state index is 0.0500. The van der Waals surface area contributed by atoms with Crippen molar-refractivity contribution < 1.29 is 9.53 Å². The molecule has 5 nitrogen and oxygen atoms in total. The van der Waals surface area contributed by atoms with Gasteiger partial charge in [-0.15, -0.1) is 0 Å². The molecule has 1 aromatic heterocycles. The minimum Gasteiger partial charge on any atom is -0.468 e. The average Bonchev–Trinajstić information content (AvgIpc) is 2.70. The van der Waals surface area contributed by atoms with E-state index >= 15 is 0 Å². The molecule has 1 rings (SSSR count). The highest BCUT2D eigenvalue weighted by atomic mass is 16.5. The summed E-state index contributed by atoms with van der Waals surface area (Å²) in [5.74, 6) is -0.0489. The molecule has 0 spiro atoms. The van der Waals surface area contributed by atoms with E-state index in [1.807, 2.05) is 33.9 Å². The fourth-order valence-electron chi connectivity index (χ4n) is 1.82. The van der Waals surface area contributed by atoms with Crippen LogP contribution in [0.1, 0.15) is 32.5 Å². The van der Waals surface area contributed by atoms with Crippen LogP contribution >= 0.6 is 0 Å². The molecule has 17 heavy (non-hydrogen) atoms. The lowest BCUT2D eigenvalue weighted by molar-refractivity contribution is -0.144. The maximum Gasteiger partial charge on any atom is 0.323 e. The Morgan fingerprint density at radius 2 is 2.12 bits per heavy atom. The van der Waals surface area contributed by atoms with Gasteiger partial charge in [0.15, 0.2) is 0 Å². The van der Waals surface area contributed by atoms with Crippen molar-refractivity contribution >= 4 is 5.97 Å². The molecule has 5 heteroatoms. The van der Waals surface area contributed by atoms with Crippen LogP contribution in [0.4, 0.5) is 0 Å². The van der Waals surface area contributed by atoms with Gasteiger partial charge in [-0.1, -0.05) is 13.8 Å². The van der Waals surface area contributed by atoms with E-state index in [0.717, 1.165) is 5.69 Å². The number of aryl methyl sites for hydroxylation is 1. The predicted molar refractivity (Wildman–Crippen MR) is 65.4 cm³/mol. The van der Waals surface area contributed by atoms with E-state index < -0.39 is 0 Å². The molecule has 0 aliphatic rings. The molecule has 0 fully saturated rings. The van der Waals surface area contributed by atoms with Crippen LogP contribution in [0, 0.1) is 5.92 Å². The standard InChI is InChI=1S/C12H21N3O2/c1-8(2)11(12(16)17-5)14-9(3)10-6-7-13-15(10)4/h6-9,11,14H,1-5H3. The third kappa shape index (κ3) is 3.30. The summed E-state index contributed by atoms with van der Waals surface area (Å²) in [6.45, 7) is 5.99. The van der Waals surface area contributed by atoms with Gasteiger partial charge in [0, 0.05) is 19.3 Å². The Morgan fingerprint density at radius 1 is 1.47 bits per heavy atom. The summed E-state index contributed by atoms with van der Waals surface area (Å²) in [4.78, 5) is 11.6. The van der Waals surface area contributed by atoms with E-state index in [2.05, 4.69) is 10.4 Å². The number of carbonyl (C=O) groups is 1. The van der Waals surface area contributed by atoms with Gasteiger partial charge in [0.1, 0.15) is 6.04 Å². The van der Waals surface area contributed by atoms with Crippen molar-refractivity contribution in [2.75, 3.05) is 7.11 Å². The van der Waals surface area contributed by atoms with Crippen molar-refractivity contribution in [3.05, 3.63) is 18.0 Å². The lowest BCUT2D eigenvalue weighted by Crippen LogP contribution is -2.43. The third-order valence-corrected chi connectivity index (χ3v) is 2.85. The number of carbonyl (C=O) groups excluding carboxylic acids is 1. The molecule has 1 heterocycles. The molecule has 1 N–H and O–H groups in total. The molecule has 0 aliphatic heterocycles. The molecule has 2 unspecified atom stereocenters. The van der Waals surface area contributed by atoms with Gasteiger partial charge < -0.3 is 4.74 Å². The normalized spacial score (nSPS) is 14.7. The maximum absolute atomic E-state index is 11.6. The zero-order valence-corrected chi connectivity index (χ0v) is 11.1. The first kappa shape index (κ1) is 13.7. The van der Waals surface area contributed by atoms with E-state index in [4.69, 9.17) is 4.74 Å². The first-order valence-electron chi connectivity index (χ1n) is 5.79.